The lowest BCUT2D eigenvalue weighted by atomic mass is 10.0. The summed E-state index contributed by atoms with van der Waals surface area (Å²) in [5, 5.41) is 3.40. The summed E-state index contributed by atoms with van der Waals surface area (Å²) in [6, 6.07) is 7.19. The molecule has 7 heteroatoms. The van der Waals surface area contributed by atoms with Gasteiger partial charge in [-0.1, -0.05) is 13.8 Å². The average molecular weight is 370 g/mol. The van der Waals surface area contributed by atoms with Crippen molar-refractivity contribution in [2.45, 2.75) is 33.2 Å². The first-order valence-electron chi connectivity index (χ1n) is 7.59. The molecule has 1 heterocycles. The fourth-order valence-corrected chi connectivity index (χ4v) is 3.12. The third-order valence-electron chi connectivity index (χ3n) is 3.45. The summed E-state index contributed by atoms with van der Waals surface area (Å²) >= 11 is 1.45. The summed E-state index contributed by atoms with van der Waals surface area (Å²) < 4.78 is 5.16. The number of rotatable bonds is 6. The van der Waals surface area contributed by atoms with Gasteiger partial charge in [0.2, 0.25) is 5.91 Å². The van der Waals surface area contributed by atoms with E-state index in [9.17, 15) is 4.79 Å². The van der Waals surface area contributed by atoms with Crippen LogP contribution in [-0.4, -0.2) is 24.0 Å². The van der Waals surface area contributed by atoms with Crippen LogP contribution in [0.5, 0.6) is 5.75 Å². The topological polar surface area (TPSA) is 77.2 Å². The van der Waals surface area contributed by atoms with Gasteiger partial charge in [0.05, 0.1) is 18.8 Å². The monoisotopic (exact) mass is 369 g/mol. The molecule has 0 unspecified atom stereocenters. The molecule has 0 fully saturated rings. The van der Waals surface area contributed by atoms with Gasteiger partial charge in [0.15, 0.2) is 5.13 Å². The van der Waals surface area contributed by atoms with Gasteiger partial charge < -0.3 is 15.8 Å². The van der Waals surface area contributed by atoms with E-state index in [2.05, 4.69) is 10.3 Å². The number of aryl methyl sites for hydroxylation is 1. The standard InChI is InChI=1S/C17H23N3O2S.ClH/c1-10(2)9-14(18)16(21)20-17-19-15(11(3)23-17)12-5-7-13(22-4)8-6-12;/h5-8,10,14H,9,18H2,1-4H3,(H,19,20,21);1H/t14-;/m0./s1. The van der Waals surface area contributed by atoms with Crippen molar-refractivity contribution in [1.82, 2.24) is 4.98 Å². The number of anilines is 1. The van der Waals surface area contributed by atoms with Crippen LogP contribution in [0.3, 0.4) is 0 Å². The summed E-state index contributed by atoms with van der Waals surface area (Å²) in [6.07, 6.45) is 0.654. The van der Waals surface area contributed by atoms with Crippen LogP contribution in [-0.2, 0) is 4.79 Å². The third-order valence-corrected chi connectivity index (χ3v) is 4.34. The van der Waals surface area contributed by atoms with Crippen molar-refractivity contribution < 1.29 is 9.53 Å². The predicted molar refractivity (Wildman–Crippen MR) is 102 cm³/mol. The Labute approximate surface area is 153 Å². The van der Waals surface area contributed by atoms with Gasteiger partial charge in [-0.05, 0) is 43.5 Å². The molecule has 1 amide bonds. The predicted octanol–water partition coefficient (Wildman–Crippen LogP) is 3.86. The number of nitrogens with two attached hydrogens (primary N) is 1. The number of carbonyl (C=O) groups is 1. The fraction of sp³-hybridized carbons (Fsp3) is 0.412. The maximum absolute atomic E-state index is 12.1. The lowest BCUT2D eigenvalue weighted by Crippen LogP contribution is -2.36. The Balaban J connectivity index is 0.00000288. The lowest BCUT2D eigenvalue weighted by Gasteiger charge is -2.12. The highest BCUT2D eigenvalue weighted by molar-refractivity contribution is 7.16. The molecule has 0 saturated heterocycles. The van der Waals surface area contributed by atoms with Gasteiger partial charge in [-0.15, -0.1) is 23.7 Å². The molecule has 132 valence electrons. The number of thiazole rings is 1. The number of methoxy groups -OCH3 is 1. The highest BCUT2D eigenvalue weighted by Crippen LogP contribution is 2.31. The van der Waals surface area contributed by atoms with E-state index in [1.165, 1.54) is 11.3 Å². The molecule has 0 bridgehead atoms. The number of ether oxygens (including phenoxy) is 1. The fourth-order valence-electron chi connectivity index (χ4n) is 2.28. The van der Waals surface area contributed by atoms with Gasteiger partial charge in [-0.2, -0.15) is 0 Å². The summed E-state index contributed by atoms with van der Waals surface area (Å²) in [4.78, 5) is 17.7. The molecule has 2 aromatic rings. The van der Waals surface area contributed by atoms with Crippen molar-refractivity contribution in [2.24, 2.45) is 11.7 Å². The molecule has 0 radical (unpaired) electrons. The first-order chi connectivity index (χ1) is 10.9. The van der Waals surface area contributed by atoms with Gasteiger partial charge in [-0.3, -0.25) is 4.79 Å². The third kappa shape index (κ3) is 5.19. The molecule has 1 aromatic heterocycles. The van der Waals surface area contributed by atoms with Crippen LogP contribution in [0.15, 0.2) is 24.3 Å². The quantitative estimate of drug-likeness (QED) is 0.810. The molecule has 0 aliphatic carbocycles. The minimum atomic E-state index is -0.511. The van der Waals surface area contributed by atoms with Crippen molar-refractivity contribution >= 4 is 34.8 Å². The van der Waals surface area contributed by atoms with Crippen LogP contribution < -0.4 is 15.8 Å². The lowest BCUT2D eigenvalue weighted by molar-refractivity contribution is -0.117. The number of hydrogen-bond acceptors (Lipinski definition) is 5. The van der Waals surface area contributed by atoms with E-state index in [0.717, 1.165) is 21.9 Å². The first kappa shape index (κ1) is 20.4. The zero-order chi connectivity index (χ0) is 17.0. The minimum absolute atomic E-state index is 0. The van der Waals surface area contributed by atoms with Crippen LogP contribution in [0.4, 0.5) is 5.13 Å². The highest BCUT2D eigenvalue weighted by atomic mass is 35.5. The Bertz CT molecular complexity index is 671. The van der Waals surface area contributed by atoms with Crippen LogP contribution in [0.1, 0.15) is 25.1 Å². The second-order valence-corrected chi connectivity index (χ2v) is 7.08. The maximum Gasteiger partial charge on any atom is 0.243 e. The van der Waals surface area contributed by atoms with Crippen molar-refractivity contribution in [3.05, 3.63) is 29.1 Å². The van der Waals surface area contributed by atoms with Gasteiger partial charge in [0.1, 0.15) is 5.75 Å². The molecule has 2 rings (SSSR count). The van der Waals surface area contributed by atoms with Crippen molar-refractivity contribution in [2.75, 3.05) is 12.4 Å². The Hall–Kier alpha value is -1.63. The van der Waals surface area contributed by atoms with E-state index in [1.54, 1.807) is 7.11 Å². The molecular formula is C17H24ClN3O2S. The smallest absolute Gasteiger partial charge is 0.243 e. The molecule has 0 aliphatic heterocycles. The van der Waals surface area contributed by atoms with Gasteiger partial charge in [0.25, 0.3) is 0 Å². The zero-order valence-corrected chi connectivity index (χ0v) is 16.0. The van der Waals surface area contributed by atoms with E-state index in [-0.39, 0.29) is 18.3 Å². The first-order valence-corrected chi connectivity index (χ1v) is 8.40. The van der Waals surface area contributed by atoms with Crippen LogP contribution in [0.2, 0.25) is 0 Å². The Morgan fingerprint density at radius 3 is 2.50 bits per heavy atom. The largest absolute Gasteiger partial charge is 0.497 e. The summed E-state index contributed by atoms with van der Waals surface area (Å²) in [7, 11) is 1.64. The molecule has 0 aliphatic rings. The minimum Gasteiger partial charge on any atom is -0.497 e. The van der Waals surface area contributed by atoms with Gasteiger partial charge >= 0.3 is 0 Å². The number of nitrogens with zero attached hydrogens (tertiary/aromatic N) is 1. The van der Waals surface area contributed by atoms with Crippen LogP contribution in [0.25, 0.3) is 11.3 Å². The number of amides is 1. The highest BCUT2D eigenvalue weighted by Gasteiger charge is 2.18. The molecule has 1 aromatic carbocycles. The number of carbonyl (C=O) groups excluding carboxylic acids is 1. The zero-order valence-electron chi connectivity index (χ0n) is 14.3. The van der Waals surface area contributed by atoms with Gasteiger partial charge in [0, 0.05) is 10.4 Å². The summed E-state index contributed by atoms with van der Waals surface area (Å²) in [6.45, 7) is 6.08. The Morgan fingerprint density at radius 1 is 1.33 bits per heavy atom. The molecule has 24 heavy (non-hydrogen) atoms. The van der Waals surface area contributed by atoms with Gasteiger partial charge in [-0.25, -0.2) is 4.98 Å². The molecule has 1 atom stereocenters. The molecular weight excluding hydrogens is 346 g/mol. The van der Waals surface area contributed by atoms with Crippen molar-refractivity contribution in [3.8, 4) is 17.0 Å². The molecule has 3 N–H and O–H groups in total. The second kappa shape index (κ2) is 9.01. The number of halogens is 1. The van der Waals surface area contributed by atoms with E-state index in [0.29, 0.717) is 17.5 Å². The number of aromatic nitrogens is 1. The van der Waals surface area contributed by atoms with Crippen LogP contribution in [0, 0.1) is 12.8 Å². The molecule has 0 saturated carbocycles. The van der Waals surface area contributed by atoms with E-state index < -0.39 is 6.04 Å². The van der Waals surface area contributed by atoms with Crippen molar-refractivity contribution in [3.63, 3.8) is 0 Å². The normalized spacial score (nSPS) is 11.8. The maximum atomic E-state index is 12.1. The summed E-state index contributed by atoms with van der Waals surface area (Å²) in [5.41, 5.74) is 7.76. The van der Waals surface area contributed by atoms with E-state index in [1.807, 2.05) is 45.0 Å². The molecule has 0 spiro atoms. The molecule has 5 nitrogen and oxygen atoms in total. The Kier molecular flexibility index (Phi) is 7.66. The summed E-state index contributed by atoms with van der Waals surface area (Å²) in [5.74, 6) is 0.993. The Morgan fingerprint density at radius 2 is 1.96 bits per heavy atom. The van der Waals surface area contributed by atoms with E-state index in [4.69, 9.17) is 10.5 Å². The van der Waals surface area contributed by atoms with E-state index >= 15 is 0 Å². The van der Waals surface area contributed by atoms with Crippen molar-refractivity contribution in [1.29, 1.82) is 0 Å². The average Bonchev–Trinajstić information content (AvgIpc) is 2.87. The number of nitrogens with one attached hydrogen (secondary N) is 1. The van der Waals surface area contributed by atoms with Crippen LogP contribution >= 0.6 is 23.7 Å². The SMILES string of the molecule is COc1ccc(-c2nc(NC(=O)[C@@H](N)CC(C)C)sc2C)cc1.Cl. The number of hydrogen-bond donors (Lipinski definition) is 2. The second-order valence-electron chi connectivity index (χ2n) is 5.88. The number of benzene rings is 1.